The lowest BCUT2D eigenvalue weighted by atomic mass is 10.2. The van der Waals surface area contributed by atoms with Crippen molar-refractivity contribution < 1.29 is 5.11 Å². The van der Waals surface area contributed by atoms with Gasteiger partial charge in [0.05, 0.1) is 12.1 Å². The Balaban J connectivity index is 2.13. The van der Waals surface area contributed by atoms with Crippen molar-refractivity contribution in [3.05, 3.63) is 17.6 Å². The zero-order chi connectivity index (χ0) is 10.8. The van der Waals surface area contributed by atoms with Gasteiger partial charge in [0.2, 0.25) is 0 Å². The van der Waals surface area contributed by atoms with Gasteiger partial charge in [0.15, 0.2) is 0 Å². The Morgan fingerprint density at radius 3 is 2.80 bits per heavy atom. The number of aryl methyl sites for hydroxylation is 1. The highest BCUT2D eigenvalue weighted by atomic mass is 16.3. The molecule has 0 aliphatic heterocycles. The zero-order valence-electron chi connectivity index (χ0n) is 9.20. The summed E-state index contributed by atoms with van der Waals surface area (Å²) < 4.78 is 0. The van der Waals surface area contributed by atoms with Gasteiger partial charge in [0, 0.05) is 11.3 Å². The molecule has 0 unspecified atom stereocenters. The third-order valence-corrected chi connectivity index (χ3v) is 3.14. The second-order valence-corrected chi connectivity index (χ2v) is 4.18. The average molecular weight is 207 g/mol. The number of aromatic nitrogens is 2. The number of aliphatic hydroxyl groups excluding tert-OH is 1. The van der Waals surface area contributed by atoms with Crippen LogP contribution in [0.1, 0.15) is 30.5 Å². The lowest BCUT2D eigenvalue weighted by Gasteiger charge is -2.18. The molecule has 1 aromatic rings. The van der Waals surface area contributed by atoms with Crippen LogP contribution in [0, 0.1) is 13.8 Å². The van der Waals surface area contributed by atoms with Crippen molar-refractivity contribution in [2.24, 2.45) is 0 Å². The first-order chi connectivity index (χ1) is 7.18. The van der Waals surface area contributed by atoms with E-state index >= 15 is 0 Å². The molecule has 0 saturated heterocycles. The molecule has 1 aliphatic rings. The quantitative estimate of drug-likeness (QED) is 0.770. The first-order valence-electron chi connectivity index (χ1n) is 5.41. The van der Waals surface area contributed by atoms with Gasteiger partial charge in [-0.15, -0.1) is 0 Å². The van der Waals surface area contributed by atoms with Crippen molar-refractivity contribution in [3.8, 4) is 0 Å². The number of hydrogen-bond donors (Lipinski definition) is 2. The van der Waals surface area contributed by atoms with Gasteiger partial charge in [-0.05, 0) is 33.1 Å². The number of nitrogens with zero attached hydrogens (tertiary/aromatic N) is 2. The maximum atomic E-state index is 9.70. The van der Waals surface area contributed by atoms with E-state index in [1.807, 2.05) is 13.8 Å². The summed E-state index contributed by atoms with van der Waals surface area (Å²) in [6.45, 7) is 3.96. The topological polar surface area (TPSA) is 58.0 Å². The molecule has 82 valence electrons. The molecule has 15 heavy (non-hydrogen) atoms. The summed E-state index contributed by atoms with van der Waals surface area (Å²) >= 11 is 0. The van der Waals surface area contributed by atoms with Gasteiger partial charge in [0.25, 0.3) is 0 Å². The molecule has 2 atom stereocenters. The number of nitrogens with one attached hydrogen (secondary N) is 1. The molecule has 1 saturated carbocycles. The van der Waals surface area contributed by atoms with Gasteiger partial charge in [-0.3, -0.25) is 0 Å². The molecule has 0 bridgehead atoms. The lowest BCUT2D eigenvalue weighted by Crippen LogP contribution is -2.28. The minimum absolute atomic E-state index is 0.151. The molecule has 1 fully saturated rings. The van der Waals surface area contributed by atoms with Crippen LogP contribution < -0.4 is 5.32 Å². The van der Waals surface area contributed by atoms with E-state index in [0.717, 1.165) is 36.3 Å². The Morgan fingerprint density at radius 1 is 1.33 bits per heavy atom. The van der Waals surface area contributed by atoms with E-state index < -0.39 is 0 Å². The molecule has 0 spiro atoms. The summed E-state index contributed by atoms with van der Waals surface area (Å²) in [5.74, 6) is 0.855. The molecule has 0 aromatic carbocycles. The fourth-order valence-corrected chi connectivity index (χ4v) is 1.97. The Labute approximate surface area is 89.8 Å². The van der Waals surface area contributed by atoms with Crippen LogP contribution in [0.2, 0.25) is 0 Å². The Morgan fingerprint density at radius 2 is 2.13 bits per heavy atom. The highest BCUT2D eigenvalue weighted by Gasteiger charge is 2.25. The van der Waals surface area contributed by atoms with Crippen molar-refractivity contribution in [3.63, 3.8) is 0 Å². The van der Waals surface area contributed by atoms with Crippen molar-refractivity contribution in [2.45, 2.75) is 45.3 Å². The minimum atomic E-state index is -0.236. The van der Waals surface area contributed by atoms with E-state index in [-0.39, 0.29) is 12.1 Å². The van der Waals surface area contributed by atoms with Crippen molar-refractivity contribution >= 4 is 5.82 Å². The molecule has 1 aromatic heterocycles. The maximum Gasteiger partial charge on any atom is 0.132 e. The smallest absolute Gasteiger partial charge is 0.132 e. The van der Waals surface area contributed by atoms with E-state index in [9.17, 15) is 5.11 Å². The van der Waals surface area contributed by atoms with Gasteiger partial charge >= 0.3 is 0 Å². The molecule has 1 aliphatic carbocycles. The first kappa shape index (κ1) is 10.4. The summed E-state index contributed by atoms with van der Waals surface area (Å²) in [6.07, 6.45) is 4.32. The highest BCUT2D eigenvalue weighted by Crippen LogP contribution is 2.23. The number of aliphatic hydroxyl groups is 1. The fourth-order valence-electron chi connectivity index (χ4n) is 1.97. The molecular formula is C11H17N3O. The molecule has 2 rings (SSSR count). The molecule has 0 radical (unpaired) electrons. The second-order valence-electron chi connectivity index (χ2n) is 4.18. The third kappa shape index (κ3) is 2.09. The summed E-state index contributed by atoms with van der Waals surface area (Å²) in [5.41, 5.74) is 2.05. The van der Waals surface area contributed by atoms with Crippen molar-refractivity contribution in [1.29, 1.82) is 0 Å². The van der Waals surface area contributed by atoms with Crippen LogP contribution in [0.4, 0.5) is 5.82 Å². The lowest BCUT2D eigenvalue weighted by molar-refractivity contribution is 0.171. The van der Waals surface area contributed by atoms with Crippen LogP contribution in [0.3, 0.4) is 0 Å². The van der Waals surface area contributed by atoms with Crippen LogP contribution in [0.5, 0.6) is 0 Å². The number of anilines is 1. The summed E-state index contributed by atoms with van der Waals surface area (Å²) in [4.78, 5) is 8.32. The molecule has 4 nitrogen and oxygen atoms in total. The predicted octanol–water partition coefficient (Wildman–Crippen LogP) is 1.42. The normalized spacial score (nSPS) is 25.5. The van der Waals surface area contributed by atoms with Gasteiger partial charge in [-0.1, -0.05) is 0 Å². The van der Waals surface area contributed by atoms with Crippen LogP contribution in [0.15, 0.2) is 6.33 Å². The standard InChI is InChI=1S/C11H17N3O/c1-7-8(2)12-6-13-11(7)14-9-4-3-5-10(9)15/h6,9-10,15H,3-5H2,1-2H3,(H,12,13,14)/t9-,10-/m1/s1. The van der Waals surface area contributed by atoms with Gasteiger partial charge in [-0.2, -0.15) is 0 Å². The van der Waals surface area contributed by atoms with Crippen LogP contribution in [-0.4, -0.2) is 27.2 Å². The minimum Gasteiger partial charge on any atom is -0.391 e. The highest BCUT2D eigenvalue weighted by molar-refractivity contribution is 5.45. The summed E-state index contributed by atoms with van der Waals surface area (Å²) in [6, 6.07) is 0.151. The van der Waals surface area contributed by atoms with Gasteiger partial charge in [-0.25, -0.2) is 9.97 Å². The number of hydrogen-bond acceptors (Lipinski definition) is 4. The van der Waals surface area contributed by atoms with E-state index in [4.69, 9.17) is 0 Å². The van der Waals surface area contributed by atoms with Crippen LogP contribution >= 0.6 is 0 Å². The Kier molecular flexibility index (Phi) is 2.86. The van der Waals surface area contributed by atoms with Gasteiger partial charge in [0.1, 0.15) is 12.1 Å². The largest absolute Gasteiger partial charge is 0.391 e. The van der Waals surface area contributed by atoms with E-state index in [1.54, 1.807) is 6.33 Å². The molecule has 1 heterocycles. The molecular weight excluding hydrogens is 190 g/mol. The van der Waals surface area contributed by atoms with Crippen LogP contribution in [0.25, 0.3) is 0 Å². The van der Waals surface area contributed by atoms with E-state index in [0.29, 0.717) is 0 Å². The molecule has 0 amide bonds. The number of rotatable bonds is 2. The van der Waals surface area contributed by atoms with Crippen molar-refractivity contribution in [2.75, 3.05) is 5.32 Å². The first-order valence-corrected chi connectivity index (χ1v) is 5.41. The monoisotopic (exact) mass is 207 g/mol. The zero-order valence-corrected chi connectivity index (χ0v) is 9.20. The van der Waals surface area contributed by atoms with E-state index in [2.05, 4.69) is 15.3 Å². The fraction of sp³-hybridized carbons (Fsp3) is 0.636. The Bertz CT molecular complexity index is 354. The Hall–Kier alpha value is -1.16. The van der Waals surface area contributed by atoms with E-state index in [1.165, 1.54) is 0 Å². The second kappa shape index (κ2) is 4.14. The molecule has 4 heteroatoms. The molecule has 2 N–H and O–H groups in total. The predicted molar refractivity (Wildman–Crippen MR) is 58.8 cm³/mol. The summed E-state index contributed by atoms with van der Waals surface area (Å²) in [5, 5.41) is 13.0. The summed E-state index contributed by atoms with van der Waals surface area (Å²) in [7, 11) is 0. The average Bonchev–Trinajstić information content (AvgIpc) is 2.60. The maximum absolute atomic E-state index is 9.70. The van der Waals surface area contributed by atoms with Gasteiger partial charge < -0.3 is 10.4 Å². The van der Waals surface area contributed by atoms with Crippen molar-refractivity contribution in [1.82, 2.24) is 9.97 Å². The SMILES string of the molecule is Cc1ncnc(N[C@@H]2CCC[C@H]2O)c1C. The van der Waals surface area contributed by atoms with Crippen LogP contribution in [-0.2, 0) is 0 Å². The third-order valence-electron chi connectivity index (χ3n) is 3.14.